The molecule has 0 atom stereocenters. The third-order valence-corrected chi connectivity index (χ3v) is 1.87. The monoisotopic (exact) mass is 236 g/mol. The lowest BCUT2D eigenvalue weighted by Crippen LogP contribution is -2.08. The highest BCUT2D eigenvalue weighted by Crippen LogP contribution is 2.27. The Kier molecular flexibility index (Phi) is 3.82. The topological polar surface area (TPSA) is 92.5 Å². The molecule has 0 aliphatic heterocycles. The molecule has 1 rings (SSSR count). The van der Waals surface area contributed by atoms with Crippen LogP contribution in [0.4, 0.5) is 11.4 Å². The standard InChI is InChI=1S/C11H12N2O4/c1-7(2)5-11(15)12-9-6-8(13(16)17)3-4-10(9)14/h3-6,14H,1-2H3,(H,12,15). The highest BCUT2D eigenvalue weighted by atomic mass is 16.6. The number of allylic oxidation sites excluding steroid dienone is 1. The number of rotatable bonds is 3. The maximum Gasteiger partial charge on any atom is 0.271 e. The first-order valence-corrected chi connectivity index (χ1v) is 4.83. The molecule has 0 spiro atoms. The number of nitrogens with one attached hydrogen (secondary N) is 1. The highest BCUT2D eigenvalue weighted by molar-refractivity contribution is 6.00. The fraction of sp³-hybridized carbons (Fsp3) is 0.182. The van der Waals surface area contributed by atoms with E-state index in [-0.39, 0.29) is 17.1 Å². The molecule has 0 aromatic heterocycles. The van der Waals surface area contributed by atoms with Crippen LogP contribution in [0.1, 0.15) is 13.8 Å². The minimum Gasteiger partial charge on any atom is -0.506 e. The first kappa shape index (κ1) is 12.7. The van der Waals surface area contributed by atoms with Gasteiger partial charge in [-0.3, -0.25) is 14.9 Å². The van der Waals surface area contributed by atoms with Gasteiger partial charge in [0.15, 0.2) is 0 Å². The van der Waals surface area contributed by atoms with Crippen LogP contribution in [0.25, 0.3) is 0 Å². The van der Waals surface area contributed by atoms with Gasteiger partial charge in [0, 0.05) is 18.2 Å². The molecule has 0 aliphatic carbocycles. The molecule has 2 N–H and O–H groups in total. The minimum atomic E-state index is -0.601. The molecule has 0 fully saturated rings. The smallest absolute Gasteiger partial charge is 0.271 e. The summed E-state index contributed by atoms with van der Waals surface area (Å²) in [5.74, 6) is -0.660. The van der Waals surface area contributed by atoms with E-state index in [0.29, 0.717) is 0 Å². The zero-order valence-corrected chi connectivity index (χ0v) is 9.43. The van der Waals surface area contributed by atoms with Crippen LogP contribution in [0, 0.1) is 10.1 Å². The summed E-state index contributed by atoms with van der Waals surface area (Å²) in [6, 6.07) is 3.42. The molecule has 0 saturated carbocycles. The van der Waals surface area contributed by atoms with Crippen molar-refractivity contribution in [2.45, 2.75) is 13.8 Å². The van der Waals surface area contributed by atoms with Crippen molar-refractivity contribution in [1.82, 2.24) is 0 Å². The largest absolute Gasteiger partial charge is 0.506 e. The summed E-state index contributed by atoms with van der Waals surface area (Å²) in [4.78, 5) is 21.3. The summed E-state index contributed by atoms with van der Waals surface area (Å²) < 4.78 is 0. The van der Waals surface area contributed by atoms with Crippen LogP contribution in [-0.4, -0.2) is 15.9 Å². The molecule has 0 radical (unpaired) electrons. The van der Waals surface area contributed by atoms with Crippen molar-refractivity contribution in [3.8, 4) is 5.75 Å². The minimum absolute atomic E-state index is 0.0155. The number of anilines is 1. The maximum atomic E-state index is 11.4. The van der Waals surface area contributed by atoms with Gasteiger partial charge in [0.2, 0.25) is 5.91 Å². The molecule has 17 heavy (non-hydrogen) atoms. The van der Waals surface area contributed by atoms with Crippen molar-refractivity contribution in [2.24, 2.45) is 0 Å². The zero-order chi connectivity index (χ0) is 13.0. The molecule has 0 aliphatic rings. The fourth-order valence-electron chi connectivity index (χ4n) is 1.17. The van der Waals surface area contributed by atoms with E-state index in [1.165, 1.54) is 6.08 Å². The van der Waals surface area contributed by atoms with Crippen LogP contribution < -0.4 is 5.32 Å². The van der Waals surface area contributed by atoms with E-state index < -0.39 is 10.8 Å². The van der Waals surface area contributed by atoms with Crippen molar-refractivity contribution in [2.75, 3.05) is 5.32 Å². The molecule has 6 nitrogen and oxygen atoms in total. The van der Waals surface area contributed by atoms with Crippen LogP contribution in [-0.2, 0) is 4.79 Å². The summed E-state index contributed by atoms with van der Waals surface area (Å²) in [7, 11) is 0. The number of nitrogens with zero attached hydrogens (tertiary/aromatic N) is 1. The normalized spacial score (nSPS) is 9.53. The van der Waals surface area contributed by atoms with Crippen LogP contribution in [0.3, 0.4) is 0 Å². The second-order valence-electron chi connectivity index (χ2n) is 3.67. The quantitative estimate of drug-likeness (QED) is 0.364. The molecule has 6 heteroatoms. The molecular formula is C11H12N2O4. The van der Waals surface area contributed by atoms with Crippen molar-refractivity contribution < 1.29 is 14.8 Å². The van der Waals surface area contributed by atoms with E-state index in [1.54, 1.807) is 13.8 Å². The van der Waals surface area contributed by atoms with Crippen molar-refractivity contribution >= 4 is 17.3 Å². The number of amides is 1. The predicted molar refractivity (Wildman–Crippen MR) is 62.8 cm³/mol. The maximum absolute atomic E-state index is 11.4. The summed E-state index contributed by atoms with van der Waals surface area (Å²) >= 11 is 0. The van der Waals surface area contributed by atoms with Crippen LogP contribution in [0.5, 0.6) is 5.75 Å². The van der Waals surface area contributed by atoms with E-state index in [1.807, 2.05) is 0 Å². The number of benzene rings is 1. The number of aromatic hydroxyl groups is 1. The Hall–Kier alpha value is -2.37. The predicted octanol–water partition coefficient (Wildman–Crippen LogP) is 2.21. The van der Waals surface area contributed by atoms with Crippen molar-refractivity contribution in [3.05, 3.63) is 40.0 Å². The van der Waals surface area contributed by atoms with Gasteiger partial charge in [-0.2, -0.15) is 0 Å². The summed E-state index contributed by atoms with van der Waals surface area (Å²) in [5, 5.41) is 22.3. The third kappa shape index (κ3) is 3.60. The summed E-state index contributed by atoms with van der Waals surface area (Å²) in [6.07, 6.45) is 1.33. The number of hydrogen-bond donors (Lipinski definition) is 2. The molecule has 0 bridgehead atoms. The lowest BCUT2D eigenvalue weighted by atomic mass is 10.2. The Balaban J connectivity index is 2.98. The number of phenolic OH excluding ortho intramolecular Hbond substituents is 1. The Morgan fingerprint density at radius 3 is 2.65 bits per heavy atom. The molecule has 0 unspecified atom stereocenters. The highest BCUT2D eigenvalue weighted by Gasteiger charge is 2.11. The number of phenols is 1. The molecular weight excluding hydrogens is 224 g/mol. The third-order valence-electron chi connectivity index (χ3n) is 1.87. The average molecular weight is 236 g/mol. The van der Waals surface area contributed by atoms with Gasteiger partial charge in [-0.15, -0.1) is 0 Å². The summed E-state index contributed by atoms with van der Waals surface area (Å²) in [5.41, 5.74) is 0.601. The Morgan fingerprint density at radius 2 is 2.12 bits per heavy atom. The van der Waals surface area contributed by atoms with E-state index in [0.717, 1.165) is 23.8 Å². The van der Waals surface area contributed by atoms with E-state index in [4.69, 9.17) is 0 Å². The Labute approximate surface area is 97.7 Å². The number of hydrogen-bond acceptors (Lipinski definition) is 4. The number of nitro groups is 1. The second kappa shape index (κ2) is 5.11. The zero-order valence-electron chi connectivity index (χ0n) is 9.43. The first-order valence-electron chi connectivity index (χ1n) is 4.83. The SMILES string of the molecule is CC(C)=CC(=O)Nc1cc([N+](=O)[O-])ccc1O. The average Bonchev–Trinajstić information content (AvgIpc) is 2.19. The number of carbonyl (C=O) groups excluding carboxylic acids is 1. The van der Waals surface area contributed by atoms with Crippen molar-refractivity contribution in [1.29, 1.82) is 0 Å². The van der Waals surface area contributed by atoms with Gasteiger partial charge < -0.3 is 10.4 Å². The molecule has 1 aromatic rings. The van der Waals surface area contributed by atoms with Gasteiger partial charge in [0.25, 0.3) is 5.69 Å². The molecule has 0 heterocycles. The number of non-ortho nitro benzene ring substituents is 1. The molecule has 1 aromatic carbocycles. The van der Waals surface area contributed by atoms with Crippen LogP contribution in [0.2, 0.25) is 0 Å². The van der Waals surface area contributed by atoms with Crippen molar-refractivity contribution in [3.63, 3.8) is 0 Å². The van der Waals surface area contributed by atoms with Gasteiger partial charge in [-0.1, -0.05) is 5.57 Å². The van der Waals surface area contributed by atoms with Gasteiger partial charge in [0.05, 0.1) is 10.6 Å². The lowest BCUT2D eigenvalue weighted by molar-refractivity contribution is -0.384. The van der Waals surface area contributed by atoms with Gasteiger partial charge in [-0.05, 0) is 19.9 Å². The Morgan fingerprint density at radius 1 is 1.47 bits per heavy atom. The van der Waals surface area contributed by atoms with Gasteiger partial charge in [-0.25, -0.2) is 0 Å². The molecule has 0 saturated heterocycles. The van der Waals surface area contributed by atoms with E-state index >= 15 is 0 Å². The summed E-state index contributed by atoms with van der Waals surface area (Å²) in [6.45, 7) is 3.49. The molecule has 1 amide bonds. The first-order chi connectivity index (χ1) is 7.90. The Bertz CT molecular complexity index is 490. The molecule has 90 valence electrons. The van der Waals surface area contributed by atoms with E-state index in [9.17, 15) is 20.0 Å². The second-order valence-corrected chi connectivity index (χ2v) is 3.67. The van der Waals surface area contributed by atoms with Crippen LogP contribution >= 0.6 is 0 Å². The number of nitro benzene ring substituents is 1. The van der Waals surface area contributed by atoms with Crippen LogP contribution in [0.15, 0.2) is 29.8 Å². The lowest BCUT2D eigenvalue weighted by Gasteiger charge is -2.04. The van der Waals surface area contributed by atoms with Gasteiger partial charge >= 0.3 is 0 Å². The van der Waals surface area contributed by atoms with E-state index in [2.05, 4.69) is 5.32 Å². The van der Waals surface area contributed by atoms with Gasteiger partial charge in [0.1, 0.15) is 5.75 Å². The number of carbonyl (C=O) groups is 1. The fourth-order valence-corrected chi connectivity index (χ4v) is 1.17.